The van der Waals surface area contributed by atoms with Gasteiger partial charge in [-0.05, 0) is 112 Å². The maximum Gasteiger partial charge on any atom is 0.259 e. The van der Waals surface area contributed by atoms with Crippen molar-refractivity contribution in [2.45, 2.75) is 96.1 Å². The van der Waals surface area contributed by atoms with E-state index in [1.165, 1.54) is 44.9 Å². The Hall–Kier alpha value is -3.16. The van der Waals surface area contributed by atoms with E-state index in [1.54, 1.807) is 10.9 Å². The number of aromatic nitrogens is 2. The van der Waals surface area contributed by atoms with Crippen LogP contribution in [0.25, 0.3) is 5.69 Å². The number of hydrogen-bond donors (Lipinski definition) is 3. The first kappa shape index (κ1) is 30.3. The molecule has 0 spiro atoms. The lowest BCUT2D eigenvalue weighted by atomic mass is 9.76. The first-order valence-corrected chi connectivity index (χ1v) is 16.0. The van der Waals surface area contributed by atoms with Crippen molar-refractivity contribution in [3.05, 3.63) is 76.6 Å². The maximum absolute atomic E-state index is 13.5. The highest BCUT2D eigenvalue weighted by atomic mass is 35.5. The van der Waals surface area contributed by atoms with Crippen molar-refractivity contribution < 1.29 is 9.59 Å². The SMILES string of the molecule is CCCc1c(C(=O)Nc2ccccc2CC(=O)NC2CCC(CC3CCC(N)CC3)CC2)cnn1-c1ccc(Cl)cc1. The number of nitrogens with zero attached hydrogens (tertiary/aromatic N) is 2. The molecule has 4 N–H and O–H groups in total. The van der Waals surface area contributed by atoms with Crippen LogP contribution >= 0.6 is 11.6 Å². The second kappa shape index (κ2) is 14.3. The fourth-order valence-corrected chi connectivity index (χ4v) is 6.85. The Kier molecular flexibility index (Phi) is 10.3. The van der Waals surface area contributed by atoms with E-state index in [-0.39, 0.29) is 24.3 Å². The number of carbonyl (C=O) groups excluding carboxylic acids is 2. The van der Waals surface area contributed by atoms with E-state index in [4.69, 9.17) is 17.3 Å². The fourth-order valence-electron chi connectivity index (χ4n) is 6.72. The topological polar surface area (TPSA) is 102 Å². The Morgan fingerprint density at radius 2 is 1.62 bits per heavy atom. The van der Waals surface area contributed by atoms with Gasteiger partial charge in [0.2, 0.25) is 5.91 Å². The van der Waals surface area contributed by atoms with Crippen LogP contribution in [0.1, 0.15) is 92.7 Å². The Labute approximate surface area is 254 Å². The van der Waals surface area contributed by atoms with Gasteiger partial charge in [0.05, 0.1) is 29.6 Å². The first-order chi connectivity index (χ1) is 20.4. The average molecular weight is 590 g/mol. The molecule has 2 saturated carbocycles. The largest absolute Gasteiger partial charge is 0.353 e. The average Bonchev–Trinajstić information content (AvgIpc) is 3.40. The number of benzene rings is 2. The van der Waals surface area contributed by atoms with Crippen LogP contribution in [0, 0.1) is 11.8 Å². The minimum atomic E-state index is -0.232. The Balaban J connectivity index is 1.17. The van der Waals surface area contributed by atoms with Crippen LogP contribution in [0.5, 0.6) is 0 Å². The van der Waals surface area contributed by atoms with E-state index in [1.807, 2.05) is 48.5 Å². The van der Waals surface area contributed by atoms with Gasteiger partial charge in [-0.25, -0.2) is 4.68 Å². The van der Waals surface area contributed by atoms with Crippen molar-refractivity contribution >= 4 is 29.1 Å². The molecule has 1 aromatic heterocycles. The van der Waals surface area contributed by atoms with Gasteiger partial charge >= 0.3 is 0 Å². The molecule has 0 bridgehead atoms. The normalized spacial score (nSPS) is 22.5. The predicted octanol–water partition coefficient (Wildman–Crippen LogP) is 6.86. The molecule has 2 amide bonds. The van der Waals surface area contributed by atoms with Gasteiger partial charge in [0.25, 0.3) is 5.91 Å². The number of rotatable bonds is 10. The maximum atomic E-state index is 13.5. The molecule has 0 saturated heterocycles. The van der Waals surface area contributed by atoms with Gasteiger partial charge in [0.15, 0.2) is 0 Å². The Morgan fingerprint density at radius 3 is 2.31 bits per heavy atom. The molecule has 1 heterocycles. The van der Waals surface area contributed by atoms with E-state index in [0.29, 0.717) is 28.7 Å². The van der Waals surface area contributed by atoms with Crippen molar-refractivity contribution in [2.24, 2.45) is 17.6 Å². The zero-order chi connectivity index (χ0) is 29.5. The molecule has 0 radical (unpaired) electrons. The van der Waals surface area contributed by atoms with Crippen LogP contribution in [-0.4, -0.2) is 33.7 Å². The van der Waals surface area contributed by atoms with E-state index in [0.717, 1.165) is 48.0 Å². The quantitative estimate of drug-likeness (QED) is 0.240. The number of hydrogen-bond acceptors (Lipinski definition) is 4. The molecule has 8 heteroatoms. The number of nitrogens with two attached hydrogens (primary N) is 1. The summed E-state index contributed by atoms with van der Waals surface area (Å²) in [5.41, 5.74) is 9.76. The van der Waals surface area contributed by atoms with Crippen LogP contribution in [0.4, 0.5) is 5.69 Å². The van der Waals surface area contributed by atoms with Crippen LogP contribution < -0.4 is 16.4 Å². The third kappa shape index (κ3) is 7.81. The van der Waals surface area contributed by atoms with E-state index < -0.39 is 0 Å². The molecule has 3 aromatic rings. The summed E-state index contributed by atoms with van der Waals surface area (Å²) in [5, 5.41) is 11.5. The predicted molar refractivity (Wildman–Crippen MR) is 169 cm³/mol. The minimum Gasteiger partial charge on any atom is -0.353 e. The van der Waals surface area contributed by atoms with Crippen LogP contribution in [0.3, 0.4) is 0 Å². The number of amides is 2. The highest BCUT2D eigenvalue weighted by molar-refractivity contribution is 6.30. The Bertz CT molecular complexity index is 1340. The number of carbonyl (C=O) groups is 2. The van der Waals surface area contributed by atoms with Crippen molar-refractivity contribution in [2.75, 3.05) is 5.32 Å². The van der Waals surface area contributed by atoms with E-state index >= 15 is 0 Å². The number of halogens is 1. The monoisotopic (exact) mass is 589 g/mol. The third-order valence-electron chi connectivity index (χ3n) is 9.06. The lowest BCUT2D eigenvalue weighted by Crippen LogP contribution is -2.39. The van der Waals surface area contributed by atoms with Crippen molar-refractivity contribution in [1.82, 2.24) is 15.1 Å². The second-order valence-electron chi connectivity index (χ2n) is 12.2. The smallest absolute Gasteiger partial charge is 0.259 e. The summed E-state index contributed by atoms with van der Waals surface area (Å²) >= 11 is 6.07. The van der Waals surface area contributed by atoms with Gasteiger partial charge < -0.3 is 16.4 Å². The highest BCUT2D eigenvalue weighted by Crippen LogP contribution is 2.35. The van der Waals surface area contributed by atoms with E-state index in [2.05, 4.69) is 22.7 Å². The van der Waals surface area contributed by atoms with Gasteiger partial charge in [0, 0.05) is 22.8 Å². The molecule has 42 heavy (non-hydrogen) atoms. The van der Waals surface area contributed by atoms with E-state index in [9.17, 15) is 9.59 Å². The molecular formula is C34H44ClN5O2. The van der Waals surface area contributed by atoms with Crippen LogP contribution in [-0.2, 0) is 17.6 Å². The van der Waals surface area contributed by atoms with Crippen LogP contribution in [0.2, 0.25) is 5.02 Å². The molecule has 7 nitrogen and oxygen atoms in total. The number of para-hydroxylation sites is 1. The second-order valence-corrected chi connectivity index (χ2v) is 12.7. The van der Waals surface area contributed by atoms with Gasteiger partial charge in [-0.15, -0.1) is 0 Å². The minimum absolute atomic E-state index is 0.00338. The molecule has 0 unspecified atom stereocenters. The first-order valence-electron chi connectivity index (χ1n) is 15.7. The molecule has 2 fully saturated rings. The lowest BCUT2D eigenvalue weighted by Gasteiger charge is -2.33. The molecule has 0 atom stereocenters. The highest BCUT2D eigenvalue weighted by Gasteiger charge is 2.27. The summed E-state index contributed by atoms with van der Waals surface area (Å²) < 4.78 is 1.80. The summed E-state index contributed by atoms with van der Waals surface area (Å²) in [7, 11) is 0. The van der Waals surface area contributed by atoms with Gasteiger partial charge in [-0.2, -0.15) is 5.10 Å². The van der Waals surface area contributed by atoms with Gasteiger partial charge in [-0.1, -0.05) is 43.1 Å². The molecule has 2 aliphatic carbocycles. The summed E-state index contributed by atoms with van der Waals surface area (Å²) in [6.07, 6.45) is 14.1. The van der Waals surface area contributed by atoms with Crippen molar-refractivity contribution in [1.29, 1.82) is 0 Å². The summed E-state index contributed by atoms with van der Waals surface area (Å²) in [6.45, 7) is 2.08. The summed E-state index contributed by atoms with van der Waals surface area (Å²) in [5.74, 6) is 1.38. The fraction of sp³-hybridized carbons (Fsp3) is 0.500. The molecule has 5 rings (SSSR count). The van der Waals surface area contributed by atoms with Gasteiger partial charge in [-0.3, -0.25) is 9.59 Å². The Morgan fingerprint density at radius 1 is 0.952 bits per heavy atom. The number of anilines is 1. The summed E-state index contributed by atoms with van der Waals surface area (Å²) in [6, 6.07) is 15.6. The summed E-state index contributed by atoms with van der Waals surface area (Å²) in [4.78, 5) is 26.5. The van der Waals surface area contributed by atoms with Gasteiger partial charge in [0.1, 0.15) is 0 Å². The zero-order valence-electron chi connectivity index (χ0n) is 24.7. The third-order valence-corrected chi connectivity index (χ3v) is 9.31. The standard InChI is InChI=1S/C34H44ClN5O2/c1-2-5-32-30(22-37-40(32)29-18-12-26(35)13-19-29)34(42)39-31-7-4-3-6-25(31)21-33(41)38-28-16-10-24(11-17-28)20-23-8-14-27(36)15-9-23/h3-4,6-7,12-13,18-19,22-24,27-28H,2,5,8-11,14-17,20-21,36H2,1H3,(H,38,41)(H,39,42). The molecular weight excluding hydrogens is 546 g/mol. The van der Waals surface area contributed by atoms with Crippen LogP contribution in [0.15, 0.2) is 54.7 Å². The lowest BCUT2D eigenvalue weighted by molar-refractivity contribution is -0.121. The molecule has 2 aliphatic rings. The van der Waals surface area contributed by atoms with Crippen molar-refractivity contribution in [3.8, 4) is 5.69 Å². The molecule has 224 valence electrons. The number of nitrogens with one attached hydrogen (secondary N) is 2. The van der Waals surface area contributed by atoms with Crippen molar-refractivity contribution in [3.63, 3.8) is 0 Å². The molecule has 0 aliphatic heterocycles. The zero-order valence-corrected chi connectivity index (χ0v) is 25.4. The molecule has 2 aromatic carbocycles.